The van der Waals surface area contributed by atoms with E-state index in [9.17, 15) is 13.2 Å². The Morgan fingerprint density at radius 1 is 1.23 bits per heavy atom. The maximum atomic E-state index is 13.2. The van der Waals surface area contributed by atoms with E-state index in [0.29, 0.717) is 31.4 Å². The lowest BCUT2D eigenvalue weighted by atomic mass is 10.1. The summed E-state index contributed by atoms with van der Waals surface area (Å²) in [4.78, 5) is 17.5. The van der Waals surface area contributed by atoms with Crippen LogP contribution in [0.5, 0.6) is 0 Å². The molecule has 0 spiro atoms. The number of nitrogens with zero attached hydrogens (tertiary/aromatic N) is 2. The molecule has 0 saturated carbocycles. The highest BCUT2D eigenvalue weighted by Gasteiger charge is 2.31. The van der Waals surface area contributed by atoms with Gasteiger partial charge in [0.2, 0.25) is 15.9 Å². The second-order valence-electron chi connectivity index (χ2n) is 8.03. The Morgan fingerprint density at radius 3 is 2.53 bits per heavy atom. The van der Waals surface area contributed by atoms with Crippen molar-refractivity contribution in [3.63, 3.8) is 0 Å². The number of benzene rings is 1. The minimum atomic E-state index is -3.75. The lowest BCUT2D eigenvalue weighted by Crippen LogP contribution is -2.55. The number of sulfonamides is 1. The Labute approximate surface area is 184 Å². The molecule has 9 heteroatoms. The van der Waals surface area contributed by atoms with Crippen LogP contribution in [0, 0.1) is 6.92 Å². The van der Waals surface area contributed by atoms with Crippen molar-refractivity contribution in [2.75, 3.05) is 51.3 Å². The van der Waals surface area contributed by atoms with Gasteiger partial charge in [-0.15, -0.1) is 0 Å². The number of rotatable bonds is 9. The lowest BCUT2D eigenvalue weighted by molar-refractivity contribution is -0.135. The van der Waals surface area contributed by atoms with E-state index in [1.165, 1.54) is 0 Å². The van der Waals surface area contributed by atoms with Gasteiger partial charge in [0.25, 0.3) is 0 Å². The molecule has 0 aromatic heterocycles. The third-order valence-corrected chi connectivity index (χ3v) is 7.84. The molecule has 2 heterocycles. The normalized spacial score (nSPS) is 21.7. The average Bonchev–Trinajstić information content (AvgIpc) is 3.24. The third kappa shape index (κ3) is 6.43. The van der Waals surface area contributed by atoms with E-state index in [1.807, 2.05) is 13.2 Å². The smallest absolute Gasteiger partial charge is 0.241 e. The van der Waals surface area contributed by atoms with E-state index in [-0.39, 0.29) is 10.8 Å². The van der Waals surface area contributed by atoms with Crippen molar-refractivity contribution in [3.05, 3.63) is 29.8 Å². The van der Waals surface area contributed by atoms with Crippen LogP contribution in [0.25, 0.3) is 0 Å². The number of carbonyl (C=O) groups excluding carboxylic acids is 1. The standard InChI is InChI=1S/C21H33N3O4S2/c1-17-5-7-19(8-6-17)30(26,27)22-20(9-15-29-2)21(25)24-12-10-23(11-13-24)16-18-4-3-14-28-18/h5-8,18,20,22H,3-4,9-16H2,1-2H3/t18-,20-/m0/s1. The van der Waals surface area contributed by atoms with Crippen LogP contribution in [0.4, 0.5) is 0 Å². The molecule has 168 valence electrons. The van der Waals surface area contributed by atoms with Gasteiger partial charge in [-0.25, -0.2) is 8.42 Å². The number of carbonyl (C=O) groups is 1. The lowest BCUT2D eigenvalue weighted by Gasteiger charge is -2.37. The van der Waals surface area contributed by atoms with Gasteiger partial charge in [-0.3, -0.25) is 9.69 Å². The topological polar surface area (TPSA) is 79.0 Å². The van der Waals surface area contributed by atoms with Crippen molar-refractivity contribution >= 4 is 27.7 Å². The van der Waals surface area contributed by atoms with Crippen molar-refractivity contribution in [3.8, 4) is 0 Å². The minimum Gasteiger partial charge on any atom is -0.377 e. The zero-order valence-corrected chi connectivity index (χ0v) is 19.5. The number of aryl methyl sites for hydroxylation is 1. The van der Waals surface area contributed by atoms with E-state index < -0.39 is 16.1 Å². The number of piperazine rings is 1. The number of nitrogens with one attached hydrogen (secondary N) is 1. The first-order valence-electron chi connectivity index (χ1n) is 10.6. The summed E-state index contributed by atoms with van der Waals surface area (Å²) in [6.45, 7) is 6.50. The van der Waals surface area contributed by atoms with Crippen LogP contribution < -0.4 is 4.72 Å². The van der Waals surface area contributed by atoms with Crippen LogP contribution in [-0.4, -0.2) is 87.6 Å². The molecule has 0 radical (unpaired) electrons. The molecule has 2 fully saturated rings. The van der Waals surface area contributed by atoms with Crippen molar-refractivity contribution in [1.29, 1.82) is 0 Å². The number of amides is 1. The highest BCUT2D eigenvalue weighted by atomic mass is 32.2. The van der Waals surface area contributed by atoms with Gasteiger partial charge in [0.1, 0.15) is 6.04 Å². The highest BCUT2D eigenvalue weighted by Crippen LogP contribution is 2.17. The number of ether oxygens (including phenoxy) is 1. The fourth-order valence-electron chi connectivity index (χ4n) is 3.89. The Morgan fingerprint density at radius 2 is 1.93 bits per heavy atom. The molecule has 2 aliphatic rings. The quantitative estimate of drug-likeness (QED) is 0.611. The zero-order valence-electron chi connectivity index (χ0n) is 17.9. The molecule has 3 rings (SSSR count). The first-order valence-corrected chi connectivity index (χ1v) is 13.5. The van der Waals surface area contributed by atoms with Gasteiger partial charge in [0.15, 0.2) is 0 Å². The Bertz CT molecular complexity index is 787. The molecule has 7 nitrogen and oxygen atoms in total. The molecule has 2 saturated heterocycles. The van der Waals surface area contributed by atoms with Crippen molar-refractivity contribution in [1.82, 2.24) is 14.5 Å². The van der Waals surface area contributed by atoms with Gasteiger partial charge in [0, 0.05) is 39.3 Å². The van der Waals surface area contributed by atoms with Crippen LogP contribution in [0.2, 0.25) is 0 Å². The van der Waals surface area contributed by atoms with Crippen molar-refractivity contribution < 1.29 is 17.9 Å². The molecule has 1 N–H and O–H groups in total. The van der Waals surface area contributed by atoms with Gasteiger partial charge in [-0.2, -0.15) is 16.5 Å². The molecule has 1 aromatic rings. The SMILES string of the molecule is CSCC[C@H](NS(=O)(=O)c1ccc(C)cc1)C(=O)N1CCN(C[C@@H]2CCCO2)CC1. The summed E-state index contributed by atoms with van der Waals surface area (Å²) < 4.78 is 34.1. The third-order valence-electron chi connectivity index (χ3n) is 5.71. The maximum absolute atomic E-state index is 13.2. The zero-order chi connectivity index (χ0) is 21.6. The minimum absolute atomic E-state index is 0.128. The van der Waals surface area contributed by atoms with E-state index >= 15 is 0 Å². The van der Waals surface area contributed by atoms with Crippen LogP contribution >= 0.6 is 11.8 Å². The van der Waals surface area contributed by atoms with Gasteiger partial charge in [0.05, 0.1) is 11.0 Å². The summed E-state index contributed by atoms with van der Waals surface area (Å²) in [5, 5.41) is 0. The second kappa shape index (κ2) is 10.9. The first kappa shape index (κ1) is 23.5. The highest BCUT2D eigenvalue weighted by molar-refractivity contribution is 7.98. The summed E-state index contributed by atoms with van der Waals surface area (Å²) in [5.74, 6) is 0.586. The summed E-state index contributed by atoms with van der Waals surface area (Å²) >= 11 is 1.61. The molecule has 1 amide bonds. The van der Waals surface area contributed by atoms with Crippen LogP contribution in [-0.2, 0) is 19.6 Å². The fourth-order valence-corrected chi connectivity index (χ4v) is 5.58. The monoisotopic (exact) mass is 455 g/mol. The average molecular weight is 456 g/mol. The van der Waals surface area contributed by atoms with E-state index in [4.69, 9.17) is 4.74 Å². The van der Waals surface area contributed by atoms with Gasteiger partial charge in [-0.05, 0) is 50.3 Å². The Balaban J connectivity index is 1.60. The van der Waals surface area contributed by atoms with Crippen LogP contribution in [0.1, 0.15) is 24.8 Å². The Hall–Kier alpha value is -1.13. The number of hydrogen-bond donors (Lipinski definition) is 1. The number of thioether (sulfide) groups is 1. The maximum Gasteiger partial charge on any atom is 0.241 e. The Kier molecular flexibility index (Phi) is 8.59. The summed E-state index contributed by atoms with van der Waals surface area (Å²) in [6.07, 6.45) is 4.97. The van der Waals surface area contributed by atoms with Crippen molar-refractivity contribution in [2.45, 2.75) is 43.2 Å². The molecule has 0 unspecified atom stereocenters. The molecule has 0 bridgehead atoms. The predicted octanol–water partition coefficient (Wildman–Crippen LogP) is 1.72. The largest absolute Gasteiger partial charge is 0.377 e. The second-order valence-corrected chi connectivity index (χ2v) is 10.7. The first-order chi connectivity index (χ1) is 14.4. The summed E-state index contributed by atoms with van der Waals surface area (Å²) in [7, 11) is -3.75. The van der Waals surface area contributed by atoms with E-state index in [1.54, 1.807) is 40.9 Å². The van der Waals surface area contributed by atoms with E-state index in [2.05, 4.69) is 9.62 Å². The predicted molar refractivity (Wildman–Crippen MR) is 120 cm³/mol. The van der Waals surface area contributed by atoms with Crippen molar-refractivity contribution in [2.24, 2.45) is 0 Å². The summed E-state index contributed by atoms with van der Waals surface area (Å²) in [6, 6.07) is 5.95. The summed E-state index contributed by atoms with van der Waals surface area (Å²) in [5.41, 5.74) is 0.991. The number of hydrogen-bond acceptors (Lipinski definition) is 6. The van der Waals surface area contributed by atoms with Gasteiger partial charge < -0.3 is 9.64 Å². The fraction of sp³-hybridized carbons (Fsp3) is 0.667. The molecule has 2 aliphatic heterocycles. The van der Waals surface area contributed by atoms with Crippen LogP contribution in [0.3, 0.4) is 0 Å². The molecular weight excluding hydrogens is 422 g/mol. The molecule has 2 atom stereocenters. The van der Waals surface area contributed by atoms with Gasteiger partial charge in [-0.1, -0.05) is 17.7 Å². The molecular formula is C21H33N3O4S2. The van der Waals surface area contributed by atoms with Crippen LogP contribution in [0.15, 0.2) is 29.2 Å². The van der Waals surface area contributed by atoms with E-state index in [0.717, 1.165) is 44.6 Å². The molecule has 1 aromatic carbocycles. The molecule has 0 aliphatic carbocycles. The molecule has 30 heavy (non-hydrogen) atoms. The van der Waals surface area contributed by atoms with Gasteiger partial charge >= 0.3 is 0 Å².